The van der Waals surface area contributed by atoms with Gasteiger partial charge in [-0.15, -0.1) is 0 Å². The van der Waals surface area contributed by atoms with E-state index in [0.29, 0.717) is 16.9 Å². The molecule has 0 aliphatic carbocycles. The molecule has 4 nitrogen and oxygen atoms in total. The van der Waals surface area contributed by atoms with Crippen molar-refractivity contribution < 1.29 is 23.8 Å². The van der Waals surface area contributed by atoms with E-state index < -0.39 is 11.8 Å². The number of methoxy groups -OCH3 is 1. The highest BCUT2D eigenvalue weighted by Gasteiger charge is 2.14. The van der Waals surface area contributed by atoms with Gasteiger partial charge in [-0.3, -0.25) is 0 Å². The molecule has 0 amide bonds. The Hall–Kier alpha value is -2.56. The van der Waals surface area contributed by atoms with Crippen LogP contribution in [0.4, 0.5) is 4.39 Å². The Morgan fingerprint density at radius 2 is 1.86 bits per heavy atom. The maximum atomic E-state index is 14.0. The minimum absolute atomic E-state index is 0.00451. The Balaban J connectivity index is 2.38. The second-order valence-corrected chi connectivity index (χ2v) is 4.30. The Kier molecular flexibility index (Phi) is 4.42. The highest BCUT2D eigenvalue weighted by Crippen LogP contribution is 2.32. The second kappa shape index (κ2) is 6.26. The van der Waals surface area contributed by atoms with Crippen molar-refractivity contribution in [3.05, 3.63) is 47.8 Å². The Bertz CT molecular complexity index is 667. The average molecular weight is 290 g/mol. The maximum Gasteiger partial charge on any atom is 0.341 e. The summed E-state index contributed by atoms with van der Waals surface area (Å²) in [6.07, 6.45) is 0. The number of rotatable bonds is 4. The van der Waals surface area contributed by atoms with Gasteiger partial charge in [0.1, 0.15) is 5.82 Å². The normalized spacial score (nSPS) is 10.2. The third kappa shape index (κ3) is 3.13. The number of carbonyl (C=O) groups is 1. The molecule has 0 saturated carbocycles. The molecule has 21 heavy (non-hydrogen) atoms. The molecule has 0 radical (unpaired) electrons. The number of esters is 1. The molecule has 2 rings (SSSR count). The number of ether oxygens (including phenoxy) is 2. The number of hydrogen-bond acceptors (Lipinski definition) is 4. The molecule has 2 aromatic rings. The van der Waals surface area contributed by atoms with Gasteiger partial charge < -0.3 is 14.6 Å². The van der Waals surface area contributed by atoms with Gasteiger partial charge in [0.25, 0.3) is 0 Å². The molecule has 0 aliphatic heterocycles. The van der Waals surface area contributed by atoms with Crippen LogP contribution in [0.5, 0.6) is 11.5 Å². The lowest BCUT2D eigenvalue weighted by Gasteiger charge is -2.08. The van der Waals surface area contributed by atoms with E-state index in [0.717, 1.165) is 0 Å². The quantitative estimate of drug-likeness (QED) is 0.877. The molecule has 0 atom stereocenters. The summed E-state index contributed by atoms with van der Waals surface area (Å²) in [5.74, 6) is -1.05. The number of hydrogen-bond donors (Lipinski definition) is 1. The highest BCUT2D eigenvalue weighted by atomic mass is 19.1. The van der Waals surface area contributed by atoms with Crippen LogP contribution < -0.4 is 4.74 Å². The van der Waals surface area contributed by atoms with E-state index in [1.165, 1.54) is 25.3 Å². The second-order valence-electron chi connectivity index (χ2n) is 4.30. The predicted octanol–water partition coefficient (Wildman–Crippen LogP) is 3.38. The molecule has 0 saturated heterocycles. The molecule has 110 valence electrons. The Labute approximate surface area is 121 Å². The van der Waals surface area contributed by atoms with Gasteiger partial charge in [-0.2, -0.15) is 0 Å². The highest BCUT2D eigenvalue weighted by molar-refractivity contribution is 5.90. The fourth-order valence-electron chi connectivity index (χ4n) is 1.93. The predicted molar refractivity (Wildman–Crippen MR) is 76.0 cm³/mol. The molecule has 0 aromatic heterocycles. The minimum atomic E-state index is -0.690. The van der Waals surface area contributed by atoms with E-state index >= 15 is 0 Å². The smallest absolute Gasteiger partial charge is 0.341 e. The van der Waals surface area contributed by atoms with Crippen molar-refractivity contribution in [3.63, 3.8) is 0 Å². The van der Waals surface area contributed by atoms with E-state index in [4.69, 9.17) is 9.47 Å². The number of halogens is 1. The molecule has 5 heteroatoms. The van der Waals surface area contributed by atoms with Crippen molar-refractivity contribution in [2.75, 3.05) is 13.7 Å². The molecule has 0 fully saturated rings. The van der Waals surface area contributed by atoms with Crippen molar-refractivity contribution in [3.8, 4) is 22.6 Å². The van der Waals surface area contributed by atoms with Gasteiger partial charge in [0, 0.05) is 0 Å². The first kappa shape index (κ1) is 14.8. The third-order valence-corrected chi connectivity index (χ3v) is 2.98. The maximum absolute atomic E-state index is 14.0. The minimum Gasteiger partial charge on any atom is -0.504 e. The first-order chi connectivity index (χ1) is 10.1. The summed E-state index contributed by atoms with van der Waals surface area (Å²) in [6.45, 7) is 1.85. The topological polar surface area (TPSA) is 55.8 Å². The van der Waals surface area contributed by atoms with Crippen molar-refractivity contribution >= 4 is 5.97 Å². The van der Waals surface area contributed by atoms with Gasteiger partial charge >= 0.3 is 5.97 Å². The molecular formula is C16H15FO4. The summed E-state index contributed by atoms with van der Waals surface area (Å²) in [4.78, 5) is 11.5. The van der Waals surface area contributed by atoms with Crippen LogP contribution in [0.2, 0.25) is 0 Å². The molecule has 0 heterocycles. The van der Waals surface area contributed by atoms with E-state index in [9.17, 15) is 14.3 Å². The molecule has 0 aliphatic rings. The van der Waals surface area contributed by atoms with Crippen LogP contribution in [-0.4, -0.2) is 24.8 Å². The van der Waals surface area contributed by atoms with Crippen LogP contribution in [0.15, 0.2) is 36.4 Å². The SMILES string of the molecule is CCOC(=O)c1ccc(-c2ccc(O)c(OC)c2)cc1F. The monoisotopic (exact) mass is 290 g/mol. The van der Waals surface area contributed by atoms with Crippen molar-refractivity contribution in [2.24, 2.45) is 0 Å². The van der Waals surface area contributed by atoms with Gasteiger partial charge in [0.15, 0.2) is 11.5 Å². The van der Waals surface area contributed by atoms with E-state index in [-0.39, 0.29) is 17.9 Å². The molecule has 0 bridgehead atoms. The van der Waals surface area contributed by atoms with Crippen molar-refractivity contribution in [1.29, 1.82) is 0 Å². The zero-order valence-corrected chi connectivity index (χ0v) is 11.7. The van der Waals surface area contributed by atoms with Crippen LogP contribution in [0, 0.1) is 5.82 Å². The van der Waals surface area contributed by atoms with Crippen molar-refractivity contribution in [2.45, 2.75) is 6.92 Å². The van der Waals surface area contributed by atoms with Gasteiger partial charge in [0.2, 0.25) is 0 Å². The zero-order chi connectivity index (χ0) is 15.4. The first-order valence-corrected chi connectivity index (χ1v) is 6.41. The van der Waals surface area contributed by atoms with Crippen LogP contribution in [0.1, 0.15) is 17.3 Å². The summed E-state index contributed by atoms with van der Waals surface area (Å²) < 4.78 is 23.8. The number of carbonyl (C=O) groups excluding carboxylic acids is 1. The molecule has 0 unspecified atom stereocenters. The van der Waals surface area contributed by atoms with Crippen LogP contribution >= 0.6 is 0 Å². The third-order valence-electron chi connectivity index (χ3n) is 2.98. The van der Waals surface area contributed by atoms with E-state index in [1.807, 2.05) is 0 Å². The average Bonchev–Trinajstić information content (AvgIpc) is 2.47. The van der Waals surface area contributed by atoms with Crippen LogP contribution in [0.25, 0.3) is 11.1 Å². The van der Waals surface area contributed by atoms with E-state index in [1.54, 1.807) is 25.1 Å². The lowest BCUT2D eigenvalue weighted by Crippen LogP contribution is -2.07. The number of aromatic hydroxyl groups is 1. The summed E-state index contributed by atoms with van der Waals surface area (Å²) >= 11 is 0. The van der Waals surface area contributed by atoms with Gasteiger partial charge in [-0.05, 0) is 42.3 Å². The largest absolute Gasteiger partial charge is 0.504 e. The first-order valence-electron chi connectivity index (χ1n) is 6.41. The van der Waals surface area contributed by atoms with Crippen LogP contribution in [-0.2, 0) is 4.74 Å². The fraction of sp³-hybridized carbons (Fsp3) is 0.188. The summed E-state index contributed by atoms with van der Waals surface area (Å²) in [5.41, 5.74) is 1.13. The lowest BCUT2D eigenvalue weighted by atomic mass is 10.0. The van der Waals surface area contributed by atoms with E-state index in [2.05, 4.69) is 0 Å². The summed E-state index contributed by atoms with van der Waals surface area (Å²) in [7, 11) is 1.43. The summed E-state index contributed by atoms with van der Waals surface area (Å²) in [5, 5.41) is 9.55. The molecule has 2 aromatic carbocycles. The van der Waals surface area contributed by atoms with Crippen molar-refractivity contribution in [1.82, 2.24) is 0 Å². The number of phenolic OH excluding ortho intramolecular Hbond substituents is 1. The Morgan fingerprint density at radius 1 is 1.19 bits per heavy atom. The molecule has 0 spiro atoms. The standard InChI is InChI=1S/C16H15FO4/c1-3-21-16(19)12-6-4-10(8-13(12)17)11-5-7-14(18)15(9-11)20-2/h4-9,18H,3H2,1-2H3. The van der Waals surface area contributed by atoms with Crippen LogP contribution in [0.3, 0.4) is 0 Å². The zero-order valence-electron chi connectivity index (χ0n) is 11.7. The number of phenols is 1. The van der Waals surface area contributed by atoms with Gasteiger partial charge in [0.05, 0.1) is 19.3 Å². The Morgan fingerprint density at radius 3 is 2.48 bits per heavy atom. The lowest BCUT2D eigenvalue weighted by molar-refractivity contribution is 0.0521. The molecular weight excluding hydrogens is 275 g/mol. The van der Waals surface area contributed by atoms with Gasteiger partial charge in [-0.25, -0.2) is 9.18 Å². The fourth-order valence-corrected chi connectivity index (χ4v) is 1.93. The summed E-state index contributed by atoms with van der Waals surface area (Å²) in [6, 6.07) is 8.93. The number of benzene rings is 2. The molecule has 1 N–H and O–H groups in total. The van der Waals surface area contributed by atoms with Gasteiger partial charge in [-0.1, -0.05) is 12.1 Å².